The molecule has 2 rings (SSSR count). The lowest BCUT2D eigenvalue weighted by Crippen LogP contribution is -2.41. The van der Waals surface area contributed by atoms with E-state index in [2.05, 4.69) is 12.2 Å². The SMILES string of the molecule is CC1CCCN(C(=O)O)[C@@H]1c1cccc(COC(=O)NC(C)(C)C)c1. The van der Waals surface area contributed by atoms with Crippen molar-refractivity contribution in [1.82, 2.24) is 10.2 Å². The average molecular weight is 348 g/mol. The lowest BCUT2D eigenvalue weighted by molar-refractivity contribution is 0.0829. The molecule has 0 saturated carbocycles. The lowest BCUT2D eigenvalue weighted by Gasteiger charge is -2.38. The van der Waals surface area contributed by atoms with Crippen molar-refractivity contribution in [3.05, 3.63) is 35.4 Å². The molecule has 2 atom stereocenters. The van der Waals surface area contributed by atoms with Crippen molar-refractivity contribution in [2.24, 2.45) is 5.92 Å². The summed E-state index contributed by atoms with van der Waals surface area (Å²) in [5, 5.41) is 12.2. The van der Waals surface area contributed by atoms with Crippen molar-refractivity contribution < 1.29 is 19.4 Å². The first-order valence-electron chi connectivity index (χ1n) is 8.71. The Hall–Kier alpha value is -2.24. The van der Waals surface area contributed by atoms with E-state index in [-0.39, 0.29) is 24.1 Å². The number of alkyl carbamates (subject to hydrolysis) is 1. The molecule has 1 saturated heterocycles. The van der Waals surface area contributed by atoms with Gasteiger partial charge in [0.05, 0.1) is 6.04 Å². The number of carboxylic acid groups (broad SMARTS) is 1. The van der Waals surface area contributed by atoms with Gasteiger partial charge in [-0.15, -0.1) is 0 Å². The molecule has 1 aliphatic rings. The molecule has 1 aromatic carbocycles. The van der Waals surface area contributed by atoms with E-state index in [0.717, 1.165) is 24.0 Å². The number of amides is 2. The van der Waals surface area contributed by atoms with Gasteiger partial charge in [-0.3, -0.25) is 0 Å². The molecule has 0 spiro atoms. The number of ether oxygens (including phenoxy) is 1. The van der Waals surface area contributed by atoms with E-state index in [9.17, 15) is 14.7 Å². The predicted molar refractivity (Wildman–Crippen MR) is 95.4 cm³/mol. The maximum atomic E-state index is 11.8. The average Bonchev–Trinajstić information content (AvgIpc) is 2.51. The van der Waals surface area contributed by atoms with E-state index in [0.29, 0.717) is 6.54 Å². The number of carbonyl (C=O) groups excluding carboxylic acids is 1. The van der Waals surface area contributed by atoms with Gasteiger partial charge in [0.2, 0.25) is 0 Å². The van der Waals surface area contributed by atoms with Crippen LogP contribution in [-0.4, -0.2) is 34.3 Å². The summed E-state index contributed by atoms with van der Waals surface area (Å²) in [6, 6.07) is 7.49. The predicted octanol–water partition coefficient (Wildman–Crippen LogP) is 4.16. The molecule has 0 bridgehead atoms. The first-order chi connectivity index (χ1) is 11.7. The monoisotopic (exact) mass is 348 g/mol. The van der Waals surface area contributed by atoms with Gasteiger partial charge in [-0.2, -0.15) is 0 Å². The van der Waals surface area contributed by atoms with E-state index < -0.39 is 12.2 Å². The Balaban J connectivity index is 2.09. The molecule has 1 fully saturated rings. The molecular weight excluding hydrogens is 320 g/mol. The Bertz CT molecular complexity index is 624. The lowest BCUT2D eigenvalue weighted by atomic mass is 9.86. The molecular formula is C19H28N2O4. The molecule has 1 unspecified atom stereocenters. The van der Waals surface area contributed by atoms with Crippen molar-refractivity contribution in [1.29, 1.82) is 0 Å². The minimum atomic E-state index is -0.886. The molecule has 0 aromatic heterocycles. The first kappa shape index (κ1) is 19.1. The van der Waals surface area contributed by atoms with E-state index in [1.165, 1.54) is 4.90 Å². The summed E-state index contributed by atoms with van der Waals surface area (Å²) in [6.07, 6.45) is 0.543. The Morgan fingerprint density at radius 2 is 2.08 bits per heavy atom. The Labute approximate surface area is 149 Å². The third-order valence-electron chi connectivity index (χ3n) is 4.32. The number of hydrogen-bond donors (Lipinski definition) is 2. The number of nitrogens with zero attached hydrogens (tertiary/aromatic N) is 1. The summed E-state index contributed by atoms with van der Waals surface area (Å²) >= 11 is 0. The minimum absolute atomic E-state index is 0.157. The Kier molecular flexibility index (Phi) is 5.93. The molecule has 2 amide bonds. The van der Waals surface area contributed by atoms with Crippen LogP contribution < -0.4 is 5.32 Å². The summed E-state index contributed by atoms with van der Waals surface area (Å²) < 4.78 is 5.27. The van der Waals surface area contributed by atoms with Crippen LogP contribution in [0.15, 0.2) is 24.3 Å². The van der Waals surface area contributed by atoms with Crippen LogP contribution in [0.25, 0.3) is 0 Å². The highest BCUT2D eigenvalue weighted by Gasteiger charge is 2.33. The van der Waals surface area contributed by atoms with Crippen molar-refractivity contribution in [3.8, 4) is 0 Å². The van der Waals surface area contributed by atoms with Gasteiger partial charge >= 0.3 is 12.2 Å². The van der Waals surface area contributed by atoms with Crippen LogP contribution >= 0.6 is 0 Å². The standard InChI is InChI=1S/C19H28N2O4/c1-13-7-6-10-21(18(23)24)16(13)15-9-5-8-14(11-15)12-25-17(22)20-19(2,3)4/h5,8-9,11,13,16H,6-7,10,12H2,1-4H3,(H,20,22)(H,23,24)/t13?,16-/m0/s1. The zero-order chi connectivity index (χ0) is 18.6. The summed E-state index contributed by atoms with van der Waals surface area (Å²) in [5.74, 6) is 0.255. The van der Waals surface area contributed by atoms with Gasteiger partial charge in [0, 0.05) is 12.1 Å². The van der Waals surface area contributed by atoms with Gasteiger partial charge in [-0.25, -0.2) is 9.59 Å². The molecule has 0 aliphatic carbocycles. The fourth-order valence-corrected chi connectivity index (χ4v) is 3.27. The molecule has 0 radical (unpaired) electrons. The highest BCUT2D eigenvalue weighted by molar-refractivity contribution is 5.68. The summed E-state index contributed by atoms with van der Waals surface area (Å²) in [7, 11) is 0. The zero-order valence-electron chi connectivity index (χ0n) is 15.4. The fourth-order valence-electron chi connectivity index (χ4n) is 3.27. The number of rotatable bonds is 3. The van der Waals surface area contributed by atoms with Crippen molar-refractivity contribution in [3.63, 3.8) is 0 Å². The Morgan fingerprint density at radius 1 is 1.36 bits per heavy atom. The van der Waals surface area contributed by atoms with Crippen molar-refractivity contribution >= 4 is 12.2 Å². The van der Waals surface area contributed by atoms with E-state index in [1.807, 2.05) is 45.0 Å². The van der Waals surface area contributed by atoms with Crippen LogP contribution in [0.2, 0.25) is 0 Å². The second-order valence-electron chi connectivity index (χ2n) is 7.74. The molecule has 138 valence electrons. The number of nitrogens with one attached hydrogen (secondary N) is 1. The fraction of sp³-hybridized carbons (Fsp3) is 0.579. The zero-order valence-corrected chi connectivity index (χ0v) is 15.4. The molecule has 6 nitrogen and oxygen atoms in total. The third-order valence-corrected chi connectivity index (χ3v) is 4.32. The molecule has 2 N–H and O–H groups in total. The quantitative estimate of drug-likeness (QED) is 0.859. The van der Waals surface area contributed by atoms with Gasteiger partial charge in [0.1, 0.15) is 6.61 Å². The maximum Gasteiger partial charge on any atom is 0.407 e. The van der Waals surface area contributed by atoms with Crippen LogP contribution in [0.1, 0.15) is 57.7 Å². The second-order valence-corrected chi connectivity index (χ2v) is 7.74. The smallest absolute Gasteiger partial charge is 0.407 e. The number of carbonyl (C=O) groups is 2. The van der Waals surface area contributed by atoms with E-state index in [4.69, 9.17) is 4.74 Å². The Morgan fingerprint density at radius 3 is 2.72 bits per heavy atom. The normalized spacial score (nSPS) is 20.9. The number of piperidine rings is 1. The number of benzene rings is 1. The maximum absolute atomic E-state index is 11.8. The minimum Gasteiger partial charge on any atom is -0.465 e. The topological polar surface area (TPSA) is 78.9 Å². The molecule has 6 heteroatoms. The largest absolute Gasteiger partial charge is 0.465 e. The van der Waals surface area contributed by atoms with Crippen LogP contribution in [0.4, 0.5) is 9.59 Å². The van der Waals surface area contributed by atoms with E-state index in [1.54, 1.807) is 0 Å². The van der Waals surface area contributed by atoms with Gasteiger partial charge in [-0.1, -0.05) is 31.2 Å². The van der Waals surface area contributed by atoms with E-state index >= 15 is 0 Å². The first-order valence-corrected chi connectivity index (χ1v) is 8.71. The van der Waals surface area contributed by atoms with Gasteiger partial charge in [0.25, 0.3) is 0 Å². The van der Waals surface area contributed by atoms with Crippen molar-refractivity contribution in [2.45, 2.75) is 58.7 Å². The van der Waals surface area contributed by atoms with Gasteiger partial charge in [-0.05, 0) is 50.7 Å². The van der Waals surface area contributed by atoms with Gasteiger partial charge in [0.15, 0.2) is 0 Å². The molecule has 25 heavy (non-hydrogen) atoms. The summed E-state index contributed by atoms with van der Waals surface area (Å²) in [5.41, 5.74) is 1.45. The van der Waals surface area contributed by atoms with Crippen LogP contribution in [0.5, 0.6) is 0 Å². The van der Waals surface area contributed by atoms with Crippen LogP contribution in [0.3, 0.4) is 0 Å². The summed E-state index contributed by atoms with van der Waals surface area (Å²) in [6.45, 7) is 8.46. The number of likely N-dealkylation sites (tertiary alicyclic amines) is 1. The molecule has 1 aliphatic heterocycles. The van der Waals surface area contributed by atoms with Gasteiger partial charge < -0.3 is 20.1 Å². The van der Waals surface area contributed by atoms with Crippen molar-refractivity contribution in [2.75, 3.05) is 6.54 Å². The highest BCUT2D eigenvalue weighted by atomic mass is 16.5. The molecule has 1 aromatic rings. The highest BCUT2D eigenvalue weighted by Crippen LogP contribution is 2.36. The van der Waals surface area contributed by atoms with Crippen LogP contribution in [-0.2, 0) is 11.3 Å². The second kappa shape index (κ2) is 7.76. The third kappa shape index (κ3) is 5.37. The summed E-state index contributed by atoms with van der Waals surface area (Å²) in [4.78, 5) is 24.9. The van der Waals surface area contributed by atoms with Crippen LogP contribution in [0, 0.1) is 5.92 Å². The molecule has 1 heterocycles. The number of hydrogen-bond acceptors (Lipinski definition) is 3.